The largest absolute Gasteiger partial charge is 0.493 e. The SMILES string of the molecule is CCOC(=O)COc1ccc(/C=N\n2c(COc3ccccc3)nc3ccccc3c2=O)cc1OC. The van der Waals surface area contributed by atoms with Crippen molar-refractivity contribution in [3.63, 3.8) is 0 Å². The van der Waals surface area contributed by atoms with E-state index in [1.165, 1.54) is 18.0 Å². The van der Waals surface area contributed by atoms with Gasteiger partial charge in [0, 0.05) is 0 Å². The van der Waals surface area contributed by atoms with Crippen molar-refractivity contribution in [3.05, 3.63) is 94.5 Å². The molecule has 0 unspecified atom stereocenters. The minimum atomic E-state index is -0.473. The Morgan fingerprint density at radius 3 is 2.56 bits per heavy atom. The highest BCUT2D eigenvalue weighted by molar-refractivity contribution is 5.81. The third kappa shape index (κ3) is 5.87. The Morgan fingerprint density at radius 1 is 1.00 bits per heavy atom. The number of aromatic nitrogens is 2. The van der Waals surface area contributed by atoms with Crippen LogP contribution in [0.2, 0.25) is 0 Å². The summed E-state index contributed by atoms with van der Waals surface area (Å²) >= 11 is 0. The lowest BCUT2D eigenvalue weighted by Gasteiger charge is -2.12. The summed E-state index contributed by atoms with van der Waals surface area (Å²) in [4.78, 5) is 29.4. The summed E-state index contributed by atoms with van der Waals surface area (Å²) in [5.41, 5.74) is 0.889. The van der Waals surface area contributed by atoms with Crippen LogP contribution in [0, 0.1) is 0 Å². The predicted octanol–water partition coefficient (Wildman–Crippen LogP) is 3.81. The van der Waals surface area contributed by atoms with E-state index in [9.17, 15) is 9.59 Å². The number of nitrogens with zero attached hydrogens (tertiary/aromatic N) is 3. The van der Waals surface area contributed by atoms with Crippen LogP contribution in [0.3, 0.4) is 0 Å². The minimum Gasteiger partial charge on any atom is -0.493 e. The Kier molecular flexibility index (Phi) is 7.92. The average molecular weight is 488 g/mol. The summed E-state index contributed by atoms with van der Waals surface area (Å²) in [5.74, 6) is 1.31. The lowest BCUT2D eigenvalue weighted by Crippen LogP contribution is -2.23. The number of benzene rings is 3. The summed E-state index contributed by atoms with van der Waals surface area (Å²) in [7, 11) is 1.49. The van der Waals surface area contributed by atoms with Crippen molar-refractivity contribution in [2.75, 3.05) is 20.3 Å². The van der Waals surface area contributed by atoms with Gasteiger partial charge in [0.2, 0.25) is 0 Å². The van der Waals surface area contributed by atoms with Crippen molar-refractivity contribution in [2.45, 2.75) is 13.5 Å². The average Bonchev–Trinajstić information content (AvgIpc) is 2.91. The first-order chi connectivity index (χ1) is 17.6. The van der Waals surface area contributed by atoms with Gasteiger partial charge in [-0.15, -0.1) is 0 Å². The molecule has 0 aliphatic carbocycles. The second kappa shape index (κ2) is 11.7. The molecule has 0 aliphatic heterocycles. The standard InChI is InChI=1S/C27H25N3O6/c1-3-34-26(31)18-36-23-14-13-19(15-24(23)33-2)16-28-30-25(17-35-20-9-5-4-6-10-20)29-22-12-8-7-11-21(22)27(30)32/h4-16H,3,17-18H2,1-2H3/b28-16-. The Bertz CT molecular complexity index is 1430. The highest BCUT2D eigenvalue weighted by Crippen LogP contribution is 2.27. The van der Waals surface area contributed by atoms with Gasteiger partial charge in [-0.1, -0.05) is 30.3 Å². The fourth-order valence-electron chi connectivity index (χ4n) is 3.39. The van der Waals surface area contributed by atoms with Crippen molar-refractivity contribution in [1.82, 2.24) is 9.66 Å². The van der Waals surface area contributed by atoms with E-state index in [0.717, 1.165) is 0 Å². The zero-order valence-corrected chi connectivity index (χ0v) is 19.9. The van der Waals surface area contributed by atoms with Gasteiger partial charge in [0.25, 0.3) is 5.56 Å². The van der Waals surface area contributed by atoms with E-state index in [0.29, 0.717) is 39.5 Å². The summed E-state index contributed by atoms with van der Waals surface area (Å²) in [5, 5.41) is 4.85. The molecule has 0 spiro atoms. The van der Waals surface area contributed by atoms with Gasteiger partial charge in [0.1, 0.15) is 12.4 Å². The maximum atomic E-state index is 13.2. The maximum Gasteiger partial charge on any atom is 0.344 e. The van der Waals surface area contributed by atoms with Crippen LogP contribution in [0.1, 0.15) is 18.3 Å². The lowest BCUT2D eigenvalue weighted by molar-refractivity contribution is -0.145. The van der Waals surface area contributed by atoms with E-state index in [1.54, 1.807) is 43.3 Å². The molecular weight excluding hydrogens is 462 g/mol. The number of hydrogen-bond donors (Lipinski definition) is 0. The van der Waals surface area contributed by atoms with E-state index < -0.39 is 5.97 Å². The number of para-hydroxylation sites is 2. The van der Waals surface area contributed by atoms with Crippen molar-refractivity contribution < 1.29 is 23.7 Å². The zero-order chi connectivity index (χ0) is 25.3. The highest BCUT2D eigenvalue weighted by Gasteiger charge is 2.12. The van der Waals surface area contributed by atoms with Crippen LogP contribution in [0.15, 0.2) is 82.7 Å². The molecule has 4 rings (SSSR count). The molecule has 0 saturated carbocycles. The number of carbonyl (C=O) groups excluding carboxylic acids is 1. The van der Waals surface area contributed by atoms with E-state index in [1.807, 2.05) is 36.4 Å². The summed E-state index contributed by atoms with van der Waals surface area (Å²) in [6, 6.07) is 21.4. The first-order valence-electron chi connectivity index (χ1n) is 11.3. The maximum absolute atomic E-state index is 13.2. The summed E-state index contributed by atoms with van der Waals surface area (Å²) in [6.45, 7) is 1.81. The predicted molar refractivity (Wildman–Crippen MR) is 135 cm³/mol. The number of fused-ring (bicyclic) bond motifs is 1. The van der Waals surface area contributed by atoms with Crippen LogP contribution in [0.5, 0.6) is 17.2 Å². The van der Waals surface area contributed by atoms with Crippen LogP contribution < -0.4 is 19.8 Å². The van der Waals surface area contributed by atoms with Gasteiger partial charge in [-0.05, 0) is 55.0 Å². The van der Waals surface area contributed by atoms with Crippen LogP contribution >= 0.6 is 0 Å². The number of hydrogen-bond acceptors (Lipinski definition) is 8. The summed E-state index contributed by atoms with van der Waals surface area (Å²) < 4.78 is 22.8. The fourth-order valence-corrected chi connectivity index (χ4v) is 3.39. The van der Waals surface area contributed by atoms with Crippen LogP contribution in [0.4, 0.5) is 0 Å². The van der Waals surface area contributed by atoms with Crippen LogP contribution in [0.25, 0.3) is 10.9 Å². The third-order valence-electron chi connectivity index (χ3n) is 5.09. The third-order valence-corrected chi connectivity index (χ3v) is 5.09. The fraction of sp³-hybridized carbons (Fsp3) is 0.185. The first kappa shape index (κ1) is 24.5. The topological polar surface area (TPSA) is 101 Å². The van der Waals surface area contributed by atoms with Crippen LogP contribution in [-0.2, 0) is 16.1 Å². The van der Waals surface area contributed by atoms with Crippen molar-refractivity contribution >= 4 is 23.1 Å². The molecule has 1 aromatic heterocycles. The van der Waals surface area contributed by atoms with E-state index in [2.05, 4.69) is 10.1 Å². The Morgan fingerprint density at radius 2 is 1.78 bits per heavy atom. The number of esters is 1. The molecule has 0 fully saturated rings. The van der Waals surface area contributed by atoms with Gasteiger partial charge in [-0.3, -0.25) is 4.79 Å². The van der Waals surface area contributed by atoms with E-state index in [-0.39, 0.29) is 25.4 Å². The van der Waals surface area contributed by atoms with Crippen molar-refractivity contribution in [2.24, 2.45) is 5.10 Å². The van der Waals surface area contributed by atoms with Gasteiger partial charge >= 0.3 is 5.97 Å². The smallest absolute Gasteiger partial charge is 0.344 e. The minimum absolute atomic E-state index is 0.0470. The number of ether oxygens (including phenoxy) is 4. The Balaban J connectivity index is 1.62. The first-order valence-corrected chi connectivity index (χ1v) is 11.3. The second-order valence-corrected chi connectivity index (χ2v) is 7.51. The zero-order valence-electron chi connectivity index (χ0n) is 19.9. The number of methoxy groups -OCH3 is 1. The molecular formula is C27H25N3O6. The van der Waals surface area contributed by atoms with Gasteiger partial charge in [-0.25, -0.2) is 9.78 Å². The molecule has 0 saturated heterocycles. The molecule has 0 radical (unpaired) electrons. The van der Waals surface area contributed by atoms with E-state index >= 15 is 0 Å². The normalized spacial score (nSPS) is 10.9. The molecule has 9 nitrogen and oxygen atoms in total. The molecule has 0 N–H and O–H groups in total. The van der Waals surface area contributed by atoms with Crippen molar-refractivity contribution in [1.29, 1.82) is 0 Å². The molecule has 0 amide bonds. The highest BCUT2D eigenvalue weighted by atomic mass is 16.6. The Hall–Kier alpha value is -4.66. The lowest BCUT2D eigenvalue weighted by atomic mass is 10.2. The van der Waals surface area contributed by atoms with Crippen LogP contribution in [-0.4, -0.2) is 42.2 Å². The molecule has 0 bridgehead atoms. The van der Waals surface area contributed by atoms with Gasteiger partial charge in [0.05, 0.1) is 30.8 Å². The number of rotatable bonds is 10. The monoisotopic (exact) mass is 487 g/mol. The molecule has 0 aliphatic rings. The van der Waals surface area contributed by atoms with Gasteiger partial charge in [0.15, 0.2) is 23.9 Å². The molecule has 9 heteroatoms. The van der Waals surface area contributed by atoms with Gasteiger partial charge in [-0.2, -0.15) is 9.78 Å². The molecule has 1 heterocycles. The second-order valence-electron chi connectivity index (χ2n) is 7.51. The van der Waals surface area contributed by atoms with Crippen molar-refractivity contribution in [3.8, 4) is 17.2 Å². The number of carbonyl (C=O) groups is 1. The molecule has 36 heavy (non-hydrogen) atoms. The molecule has 184 valence electrons. The Labute approximate surface area is 207 Å². The molecule has 3 aromatic carbocycles. The van der Waals surface area contributed by atoms with E-state index in [4.69, 9.17) is 18.9 Å². The molecule has 0 atom stereocenters. The molecule has 4 aromatic rings. The quantitative estimate of drug-likeness (QED) is 0.248. The summed E-state index contributed by atoms with van der Waals surface area (Å²) in [6.07, 6.45) is 1.52. The van der Waals surface area contributed by atoms with Gasteiger partial charge < -0.3 is 18.9 Å².